The molecule has 0 saturated carbocycles. The second kappa shape index (κ2) is 9.28. The van der Waals surface area contributed by atoms with Crippen LogP contribution in [-0.2, 0) is 17.9 Å². The summed E-state index contributed by atoms with van der Waals surface area (Å²) in [4.78, 5) is 30.6. The maximum absolute atomic E-state index is 13.6. The lowest BCUT2D eigenvalue weighted by Gasteiger charge is -2.35. The second-order valence-electron chi connectivity index (χ2n) is 9.61. The smallest absolute Gasteiger partial charge is 0.322 e. The van der Waals surface area contributed by atoms with Crippen LogP contribution >= 0.6 is 0 Å². The van der Waals surface area contributed by atoms with Gasteiger partial charge in [-0.1, -0.05) is 0 Å². The van der Waals surface area contributed by atoms with Crippen LogP contribution in [-0.4, -0.2) is 79.7 Å². The van der Waals surface area contributed by atoms with Crippen LogP contribution < -0.4 is 10.2 Å². The van der Waals surface area contributed by atoms with E-state index in [0.717, 1.165) is 0 Å². The predicted octanol–water partition coefficient (Wildman–Crippen LogP) is 1.47. The molecule has 36 heavy (non-hydrogen) atoms. The van der Waals surface area contributed by atoms with Gasteiger partial charge < -0.3 is 30.2 Å². The Morgan fingerprint density at radius 1 is 1.11 bits per heavy atom. The molecule has 0 radical (unpaired) electrons. The molecule has 1 aromatic heterocycles. The van der Waals surface area contributed by atoms with E-state index >= 15 is 0 Å². The van der Waals surface area contributed by atoms with Gasteiger partial charge in [0.25, 0.3) is 0 Å². The Kier molecular flexibility index (Phi) is 6.29. The minimum absolute atomic E-state index is 0.0919. The average molecular weight is 509 g/mol. The molecule has 2 saturated heterocycles. The lowest BCUT2D eigenvalue weighted by molar-refractivity contribution is -0.134. The number of benzene rings is 1. The minimum atomic E-state index is -1.62. The first-order valence-corrected chi connectivity index (χ1v) is 11.8. The molecule has 2 aromatic rings. The van der Waals surface area contributed by atoms with Gasteiger partial charge in [0, 0.05) is 43.9 Å². The number of carbonyl (C=O) groups is 2. The van der Waals surface area contributed by atoms with Gasteiger partial charge in [0.15, 0.2) is 17.5 Å². The number of nitrogens with one attached hydrogen (secondary N) is 1. The van der Waals surface area contributed by atoms with Gasteiger partial charge in [-0.05, 0) is 13.3 Å². The fourth-order valence-electron chi connectivity index (χ4n) is 5.18. The Labute approximate surface area is 204 Å². The number of urea groups is 1. The Balaban J connectivity index is 1.31. The molecule has 3 aliphatic rings. The summed E-state index contributed by atoms with van der Waals surface area (Å²) in [5.41, 5.74) is 1.01. The Morgan fingerprint density at radius 3 is 2.50 bits per heavy atom. The number of aromatic nitrogens is 2. The van der Waals surface area contributed by atoms with E-state index in [2.05, 4.69) is 10.4 Å². The van der Waals surface area contributed by atoms with Crippen molar-refractivity contribution in [2.75, 3.05) is 29.9 Å². The number of β-amino-alcohol motifs (C(OH)–C–C–N with tert-alkyl or cyclic N) is 1. The number of halogens is 3. The number of nitrogens with zero attached hydrogens (tertiary/aromatic N) is 5. The molecule has 1 aromatic carbocycles. The van der Waals surface area contributed by atoms with Crippen LogP contribution in [0.1, 0.15) is 25.5 Å². The van der Waals surface area contributed by atoms with Crippen molar-refractivity contribution < 1.29 is 33.0 Å². The zero-order valence-electron chi connectivity index (χ0n) is 19.6. The lowest BCUT2D eigenvalue weighted by atomic mass is 10.1. The highest BCUT2D eigenvalue weighted by Crippen LogP contribution is 2.34. The number of rotatable bonds is 3. The number of aliphatic hydroxyl groups is 2. The molecule has 2 unspecified atom stereocenters. The summed E-state index contributed by atoms with van der Waals surface area (Å²) in [7, 11) is 0. The number of fused-ring (bicyclic) bond motifs is 1. The third kappa shape index (κ3) is 4.37. The maximum atomic E-state index is 13.6. The summed E-state index contributed by atoms with van der Waals surface area (Å²) in [5.74, 6) is -4.98. The molecule has 10 nitrogen and oxygen atoms in total. The fourth-order valence-corrected chi connectivity index (χ4v) is 5.18. The van der Waals surface area contributed by atoms with Crippen molar-refractivity contribution in [3.8, 4) is 0 Å². The zero-order chi connectivity index (χ0) is 25.7. The molecule has 2 fully saturated rings. The average Bonchev–Trinajstić information content (AvgIpc) is 3.54. The normalized spacial score (nSPS) is 25.9. The van der Waals surface area contributed by atoms with Gasteiger partial charge >= 0.3 is 6.03 Å². The van der Waals surface area contributed by atoms with E-state index in [1.165, 1.54) is 4.90 Å². The molecular formula is C23H27F3N6O4. The second-order valence-corrected chi connectivity index (χ2v) is 9.61. The molecule has 3 amide bonds. The monoisotopic (exact) mass is 508 g/mol. The summed E-state index contributed by atoms with van der Waals surface area (Å²) in [6.07, 6.45) is 0.908. The van der Waals surface area contributed by atoms with Crippen molar-refractivity contribution in [3.05, 3.63) is 41.5 Å². The Bertz CT molecular complexity index is 1170. The third-order valence-corrected chi connectivity index (χ3v) is 7.12. The maximum Gasteiger partial charge on any atom is 0.322 e. The van der Waals surface area contributed by atoms with Crippen molar-refractivity contribution in [2.45, 2.75) is 51.2 Å². The molecule has 0 aliphatic carbocycles. The summed E-state index contributed by atoms with van der Waals surface area (Å²) in [6.45, 7) is 3.26. The first kappa shape index (κ1) is 24.4. The number of hydrogen-bond acceptors (Lipinski definition) is 6. The van der Waals surface area contributed by atoms with Crippen LogP contribution in [0.2, 0.25) is 0 Å². The highest BCUT2D eigenvalue weighted by molar-refractivity contribution is 5.89. The van der Waals surface area contributed by atoms with Crippen LogP contribution in [0.15, 0.2) is 18.3 Å². The van der Waals surface area contributed by atoms with Gasteiger partial charge in [-0.15, -0.1) is 0 Å². The lowest BCUT2D eigenvalue weighted by Crippen LogP contribution is -2.47. The predicted molar refractivity (Wildman–Crippen MR) is 121 cm³/mol. The van der Waals surface area contributed by atoms with Crippen molar-refractivity contribution in [1.29, 1.82) is 0 Å². The third-order valence-electron chi connectivity index (χ3n) is 7.12. The summed E-state index contributed by atoms with van der Waals surface area (Å²) in [5, 5.41) is 27.3. The SMILES string of the molecule is C[C@H]1Cn2ncc(N3CC(C(=O)N4CC[C@H](O)C4)CC3O)c2CN1C(=O)Nc1cc(F)c(F)c(F)c1. The largest absolute Gasteiger partial charge is 0.391 e. The van der Waals surface area contributed by atoms with Gasteiger partial charge in [0.2, 0.25) is 5.91 Å². The number of likely N-dealkylation sites (tertiary alicyclic amines) is 1. The molecule has 4 heterocycles. The van der Waals surface area contributed by atoms with Crippen molar-refractivity contribution in [1.82, 2.24) is 19.6 Å². The van der Waals surface area contributed by atoms with Crippen molar-refractivity contribution in [3.63, 3.8) is 0 Å². The quantitative estimate of drug-likeness (QED) is 0.542. The number of aliphatic hydroxyl groups excluding tert-OH is 2. The van der Waals surface area contributed by atoms with Gasteiger partial charge in [0.05, 0.1) is 48.7 Å². The van der Waals surface area contributed by atoms with E-state index in [1.807, 2.05) is 0 Å². The molecule has 0 spiro atoms. The van der Waals surface area contributed by atoms with Gasteiger partial charge in [0.1, 0.15) is 6.23 Å². The van der Waals surface area contributed by atoms with E-state index in [4.69, 9.17) is 0 Å². The van der Waals surface area contributed by atoms with Crippen LogP contribution in [0.3, 0.4) is 0 Å². The van der Waals surface area contributed by atoms with Gasteiger partial charge in [-0.3, -0.25) is 9.48 Å². The molecule has 3 aliphatic heterocycles. The molecule has 5 rings (SSSR count). The highest BCUT2D eigenvalue weighted by Gasteiger charge is 2.41. The van der Waals surface area contributed by atoms with E-state index in [1.54, 1.807) is 27.6 Å². The number of amides is 3. The van der Waals surface area contributed by atoms with Gasteiger partial charge in [-0.2, -0.15) is 5.10 Å². The molecule has 3 N–H and O–H groups in total. The van der Waals surface area contributed by atoms with Crippen LogP contribution in [0.5, 0.6) is 0 Å². The molecular weight excluding hydrogens is 481 g/mol. The molecule has 4 atom stereocenters. The number of carbonyl (C=O) groups excluding carboxylic acids is 2. The summed E-state index contributed by atoms with van der Waals surface area (Å²) >= 11 is 0. The molecule has 13 heteroatoms. The minimum Gasteiger partial charge on any atom is -0.391 e. The van der Waals surface area contributed by atoms with Crippen LogP contribution in [0.25, 0.3) is 0 Å². The van der Waals surface area contributed by atoms with Crippen molar-refractivity contribution >= 4 is 23.3 Å². The molecule has 0 bridgehead atoms. The summed E-state index contributed by atoms with van der Waals surface area (Å²) in [6, 6.07) is 0.462. The van der Waals surface area contributed by atoms with Crippen LogP contribution in [0.4, 0.5) is 29.3 Å². The van der Waals surface area contributed by atoms with Crippen molar-refractivity contribution in [2.24, 2.45) is 5.92 Å². The highest BCUT2D eigenvalue weighted by atomic mass is 19.2. The van der Waals surface area contributed by atoms with E-state index in [-0.39, 0.29) is 37.1 Å². The fraction of sp³-hybridized carbons (Fsp3) is 0.522. The Hall–Kier alpha value is -3.32. The Morgan fingerprint density at radius 2 is 1.83 bits per heavy atom. The number of hydrogen-bond donors (Lipinski definition) is 3. The topological polar surface area (TPSA) is 114 Å². The summed E-state index contributed by atoms with van der Waals surface area (Å²) < 4.78 is 42.1. The zero-order valence-corrected chi connectivity index (χ0v) is 19.6. The van der Waals surface area contributed by atoms with E-state index in [0.29, 0.717) is 49.6 Å². The first-order valence-electron chi connectivity index (χ1n) is 11.8. The van der Waals surface area contributed by atoms with Gasteiger partial charge in [-0.25, -0.2) is 18.0 Å². The van der Waals surface area contributed by atoms with E-state index in [9.17, 15) is 33.0 Å². The van der Waals surface area contributed by atoms with Crippen LogP contribution in [0, 0.1) is 23.4 Å². The molecule has 194 valence electrons. The number of anilines is 2. The van der Waals surface area contributed by atoms with E-state index < -0.39 is 41.7 Å². The standard InChI is InChI=1S/C23H27F3N6O4/c1-12-8-32-19(11-30(12)23(36)28-14-5-16(24)21(26)17(25)6-14)18(7-27-32)31-9-13(4-20(31)34)22(35)29-3-2-15(33)10-29/h5-7,12-13,15,20,33-34H,2-4,8-11H2,1H3,(H,28,36)/t12-,13?,15-,20?/m0/s1. The first-order chi connectivity index (χ1) is 17.1.